The number of halogens is 1. The highest BCUT2D eigenvalue weighted by atomic mass is 19.1. The van der Waals surface area contributed by atoms with Crippen molar-refractivity contribution in [1.29, 1.82) is 0 Å². The Hall–Kier alpha value is -1.16. The van der Waals surface area contributed by atoms with Crippen LogP contribution in [-0.4, -0.2) is 36.9 Å². The molecule has 15 heavy (non-hydrogen) atoms. The molecular weight excluding hydrogens is 195 g/mol. The van der Waals surface area contributed by atoms with Gasteiger partial charge < -0.3 is 10.2 Å². The van der Waals surface area contributed by atoms with Gasteiger partial charge in [0.05, 0.1) is 11.6 Å². The summed E-state index contributed by atoms with van der Waals surface area (Å²) >= 11 is 0. The fourth-order valence-corrected chi connectivity index (χ4v) is 2.72. The lowest BCUT2D eigenvalue weighted by molar-refractivity contribution is -0.130. The normalized spacial score (nSPS) is 34.5. The van der Waals surface area contributed by atoms with Gasteiger partial charge in [-0.25, -0.2) is 4.39 Å². The number of Topliss-reactive ketones (excluding diaryl/α,β-unsaturated/α-hetero) is 1. The second-order valence-electron chi connectivity index (χ2n) is 4.35. The molecule has 3 nitrogen and oxygen atoms in total. The average molecular weight is 208 g/mol. The maximum atomic E-state index is 13.7. The van der Waals surface area contributed by atoms with E-state index in [0.717, 1.165) is 13.1 Å². The van der Waals surface area contributed by atoms with Gasteiger partial charge >= 0.3 is 0 Å². The van der Waals surface area contributed by atoms with Gasteiger partial charge in [0.15, 0.2) is 0 Å². The minimum Gasteiger partial charge on any atom is -0.367 e. The van der Waals surface area contributed by atoms with Crippen molar-refractivity contribution < 1.29 is 9.18 Å². The molecule has 0 amide bonds. The van der Waals surface area contributed by atoms with E-state index in [1.165, 1.54) is 6.08 Å². The van der Waals surface area contributed by atoms with Gasteiger partial charge in [-0.3, -0.25) is 4.79 Å². The number of hydrogen-bond acceptors (Lipinski definition) is 3. The van der Waals surface area contributed by atoms with Gasteiger partial charge in [0.2, 0.25) is 0 Å². The molecule has 3 heterocycles. The third kappa shape index (κ3) is 1.24. The first-order valence-corrected chi connectivity index (χ1v) is 5.33. The van der Waals surface area contributed by atoms with Gasteiger partial charge in [-0.15, -0.1) is 0 Å². The number of carbonyl (C=O) groups excluding carboxylic acids is 1. The minimum atomic E-state index is -0.262. The molecule has 0 aromatic carbocycles. The molecule has 0 aromatic heterocycles. The molecule has 2 fully saturated rings. The number of nitrogens with zero attached hydrogens (tertiary/aromatic N) is 1. The molecule has 3 aliphatic heterocycles. The zero-order valence-electron chi connectivity index (χ0n) is 8.37. The molecule has 2 atom stereocenters. The molecule has 0 radical (unpaired) electrons. The van der Waals surface area contributed by atoms with Crippen LogP contribution in [-0.2, 0) is 4.79 Å². The standard InChI is InChI=1S/C11H13FN2O/c12-9-2-1-3-14-6-7-4-13-5-8(10(9)14)11(7)15/h1-2,7-8,13H,3-6H2. The molecule has 2 unspecified atom stereocenters. The summed E-state index contributed by atoms with van der Waals surface area (Å²) < 4.78 is 13.7. The Morgan fingerprint density at radius 3 is 3.20 bits per heavy atom. The van der Waals surface area contributed by atoms with Crippen molar-refractivity contribution in [2.24, 2.45) is 11.8 Å². The Morgan fingerprint density at radius 2 is 2.33 bits per heavy atom. The van der Waals surface area contributed by atoms with Crippen LogP contribution in [0.4, 0.5) is 4.39 Å². The molecule has 3 rings (SSSR count). The van der Waals surface area contributed by atoms with Crippen LogP contribution < -0.4 is 5.32 Å². The largest absolute Gasteiger partial charge is 0.367 e. The molecule has 0 saturated carbocycles. The highest BCUT2D eigenvalue weighted by molar-refractivity contribution is 5.88. The van der Waals surface area contributed by atoms with E-state index in [2.05, 4.69) is 5.32 Å². The number of ketones is 1. The second kappa shape index (κ2) is 3.17. The first-order chi connectivity index (χ1) is 7.27. The summed E-state index contributed by atoms with van der Waals surface area (Å²) in [6, 6.07) is 0. The van der Waals surface area contributed by atoms with E-state index in [0.29, 0.717) is 18.8 Å². The van der Waals surface area contributed by atoms with Crippen molar-refractivity contribution in [2.45, 2.75) is 0 Å². The molecule has 0 aromatic rings. The lowest BCUT2D eigenvalue weighted by Gasteiger charge is -2.44. The Labute approximate surface area is 87.6 Å². The molecule has 2 saturated heterocycles. The molecule has 80 valence electrons. The summed E-state index contributed by atoms with van der Waals surface area (Å²) in [5.41, 5.74) is 0.603. The number of piperidine rings is 2. The van der Waals surface area contributed by atoms with Gasteiger partial charge in [0, 0.05) is 32.1 Å². The van der Waals surface area contributed by atoms with Crippen LogP contribution in [0.2, 0.25) is 0 Å². The van der Waals surface area contributed by atoms with Crippen LogP contribution in [0.15, 0.2) is 23.7 Å². The van der Waals surface area contributed by atoms with Crippen molar-refractivity contribution in [3.8, 4) is 0 Å². The van der Waals surface area contributed by atoms with Crippen molar-refractivity contribution >= 4 is 5.78 Å². The van der Waals surface area contributed by atoms with E-state index in [9.17, 15) is 9.18 Å². The Balaban J connectivity index is 2.04. The molecule has 2 bridgehead atoms. The smallest absolute Gasteiger partial charge is 0.149 e. The van der Waals surface area contributed by atoms with Crippen LogP contribution in [0.5, 0.6) is 0 Å². The molecular formula is C11H13FN2O. The number of carbonyl (C=O) groups is 1. The maximum absolute atomic E-state index is 13.7. The quantitative estimate of drug-likeness (QED) is 0.627. The first-order valence-electron chi connectivity index (χ1n) is 5.33. The van der Waals surface area contributed by atoms with Crippen LogP contribution in [0.25, 0.3) is 0 Å². The molecule has 1 N–H and O–H groups in total. The minimum absolute atomic E-state index is 0.0480. The summed E-state index contributed by atoms with van der Waals surface area (Å²) in [6.45, 7) is 2.73. The van der Waals surface area contributed by atoms with E-state index in [-0.39, 0.29) is 23.4 Å². The van der Waals surface area contributed by atoms with Crippen LogP contribution in [0, 0.1) is 11.8 Å². The highest BCUT2D eigenvalue weighted by Crippen LogP contribution is 2.34. The topological polar surface area (TPSA) is 32.3 Å². The van der Waals surface area contributed by atoms with E-state index >= 15 is 0 Å². The van der Waals surface area contributed by atoms with Crippen molar-refractivity contribution in [2.75, 3.05) is 26.2 Å². The van der Waals surface area contributed by atoms with Gasteiger partial charge in [-0.2, -0.15) is 0 Å². The van der Waals surface area contributed by atoms with E-state index < -0.39 is 0 Å². The summed E-state index contributed by atoms with van der Waals surface area (Å²) in [4.78, 5) is 13.9. The number of fused-ring (bicyclic) bond motifs is 4. The summed E-state index contributed by atoms with van der Waals surface area (Å²) in [6.07, 6.45) is 3.30. The number of allylic oxidation sites excluding steroid dienone is 2. The maximum Gasteiger partial charge on any atom is 0.149 e. The number of hydrogen-bond donors (Lipinski definition) is 1. The number of rotatable bonds is 0. The molecule has 4 heteroatoms. The van der Waals surface area contributed by atoms with Crippen molar-refractivity contribution in [1.82, 2.24) is 10.2 Å². The third-order valence-electron chi connectivity index (χ3n) is 3.43. The average Bonchev–Trinajstić information content (AvgIpc) is 2.18. The van der Waals surface area contributed by atoms with Gasteiger partial charge in [0.25, 0.3) is 0 Å². The zero-order valence-corrected chi connectivity index (χ0v) is 8.37. The molecule has 0 spiro atoms. The third-order valence-corrected chi connectivity index (χ3v) is 3.43. The highest BCUT2D eigenvalue weighted by Gasteiger charge is 2.42. The van der Waals surface area contributed by atoms with Crippen LogP contribution >= 0.6 is 0 Å². The Morgan fingerprint density at radius 1 is 1.47 bits per heavy atom. The van der Waals surface area contributed by atoms with Gasteiger partial charge in [-0.1, -0.05) is 6.08 Å². The Kier molecular flexibility index (Phi) is 1.92. The van der Waals surface area contributed by atoms with E-state index in [1.807, 2.05) is 11.0 Å². The lowest BCUT2D eigenvalue weighted by atomic mass is 9.81. The fraction of sp³-hybridized carbons (Fsp3) is 0.545. The summed E-state index contributed by atoms with van der Waals surface area (Å²) in [5, 5.41) is 3.20. The van der Waals surface area contributed by atoms with Gasteiger partial charge in [-0.05, 0) is 6.08 Å². The monoisotopic (exact) mass is 208 g/mol. The van der Waals surface area contributed by atoms with Crippen LogP contribution in [0.1, 0.15) is 0 Å². The van der Waals surface area contributed by atoms with Crippen molar-refractivity contribution in [3.63, 3.8) is 0 Å². The SMILES string of the molecule is O=C1C2CNCC1C1=C(F)C=CCN1C2. The summed E-state index contributed by atoms with van der Waals surface area (Å²) in [5.74, 6) is -0.235. The zero-order chi connectivity index (χ0) is 10.4. The van der Waals surface area contributed by atoms with Gasteiger partial charge in [0.1, 0.15) is 11.6 Å². The first kappa shape index (κ1) is 9.09. The Bertz CT molecular complexity index is 375. The van der Waals surface area contributed by atoms with Crippen LogP contribution in [0.3, 0.4) is 0 Å². The van der Waals surface area contributed by atoms with E-state index in [1.54, 1.807) is 0 Å². The molecule has 3 aliphatic rings. The molecule has 0 aliphatic carbocycles. The predicted octanol–water partition coefficient (Wildman–Crippen LogP) is 0.458. The fourth-order valence-electron chi connectivity index (χ4n) is 2.72. The number of nitrogens with one attached hydrogen (secondary N) is 1. The lowest BCUT2D eigenvalue weighted by Crippen LogP contribution is -2.56. The van der Waals surface area contributed by atoms with E-state index in [4.69, 9.17) is 0 Å². The second-order valence-corrected chi connectivity index (χ2v) is 4.35. The summed E-state index contributed by atoms with van der Waals surface area (Å²) in [7, 11) is 0. The van der Waals surface area contributed by atoms with Crippen molar-refractivity contribution in [3.05, 3.63) is 23.7 Å². The predicted molar refractivity (Wildman–Crippen MR) is 53.7 cm³/mol.